The minimum absolute atomic E-state index is 0.0514. The van der Waals surface area contributed by atoms with E-state index in [1.54, 1.807) is 4.90 Å². The van der Waals surface area contributed by atoms with Crippen LogP contribution in [0.15, 0.2) is 0 Å². The first-order chi connectivity index (χ1) is 13.2. The Kier molecular flexibility index (Phi) is 5.36. The predicted molar refractivity (Wildman–Crippen MR) is 108 cm³/mol. The highest BCUT2D eigenvalue weighted by atomic mass is 16.6. The third-order valence-electron chi connectivity index (χ3n) is 7.26. The zero-order valence-electron chi connectivity index (χ0n) is 17.8. The number of ether oxygens (including phenoxy) is 1. The van der Waals surface area contributed by atoms with E-state index in [9.17, 15) is 9.59 Å². The fourth-order valence-corrected chi connectivity index (χ4v) is 6.38. The van der Waals surface area contributed by atoms with Crippen molar-refractivity contribution in [2.24, 2.45) is 23.2 Å². The maximum absolute atomic E-state index is 13.0. The Morgan fingerprint density at radius 1 is 0.964 bits per heavy atom. The van der Waals surface area contributed by atoms with Crippen molar-refractivity contribution in [3.8, 4) is 0 Å². The molecule has 28 heavy (non-hydrogen) atoms. The lowest BCUT2D eigenvalue weighted by Crippen LogP contribution is -2.55. The molecule has 158 valence electrons. The number of hydrogen-bond acceptors (Lipinski definition) is 4. The average molecular weight is 392 g/mol. The molecule has 0 spiro atoms. The van der Waals surface area contributed by atoms with E-state index in [-0.39, 0.29) is 11.5 Å². The molecule has 1 aliphatic heterocycles. The van der Waals surface area contributed by atoms with Gasteiger partial charge in [-0.2, -0.15) is 0 Å². The number of nitrogens with zero attached hydrogens (tertiary/aromatic N) is 2. The van der Waals surface area contributed by atoms with Crippen LogP contribution in [-0.4, -0.2) is 66.7 Å². The minimum atomic E-state index is -0.449. The summed E-state index contributed by atoms with van der Waals surface area (Å²) in [6, 6.07) is 0. The SMILES string of the molecule is CC(C)(C)OC(=O)N1CCN(CCNC(=O)C23CC4CC(CC(C4)C2)C3)CC1. The van der Waals surface area contributed by atoms with E-state index < -0.39 is 5.60 Å². The molecule has 0 aromatic heterocycles. The van der Waals surface area contributed by atoms with Crippen LogP contribution in [0.4, 0.5) is 4.79 Å². The topological polar surface area (TPSA) is 61.9 Å². The maximum Gasteiger partial charge on any atom is 0.410 e. The fourth-order valence-electron chi connectivity index (χ4n) is 6.38. The van der Waals surface area contributed by atoms with Gasteiger partial charge in [0.05, 0.1) is 0 Å². The Morgan fingerprint density at radius 3 is 2.00 bits per heavy atom. The monoisotopic (exact) mass is 391 g/mol. The molecular weight excluding hydrogens is 354 g/mol. The normalized spacial score (nSPS) is 35.1. The Hall–Kier alpha value is -1.30. The zero-order chi connectivity index (χ0) is 19.9. The molecule has 0 atom stereocenters. The Labute approximate surface area is 169 Å². The molecule has 5 rings (SSSR count). The van der Waals surface area contributed by atoms with Crippen LogP contribution in [0.25, 0.3) is 0 Å². The van der Waals surface area contributed by atoms with E-state index in [4.69, 9.17) is 4.74 Å². The standard InChI is InChI=1S/C22H37N3O3/c1-21(2,3)28-20(27)25-8-6-24(7-9-25)5-4-23-19(26)22-13-16-10-17(14-22)12-18(11-16)15-22/h16-18H,4-15H2,1-3H3,(H,23,26). The predicted octanol–water partition coefficient (Wildman–Crippen LogP) is 2.87. The van der Waals surface area contributed by atoms with Crippen LogP contribution in [-0.2, 0) is 9.53 Å². The van der Waals surface area contributed by atoms with Crippen LogP contribution >= 0.6 is 0 Å². The molecule has 0 radical (unpaired) electrons. The van der Waals surface area contributed by atoms with Crippen LogP contribution in [0.2, 0.25) is 0 Å². The highest BCUT2D eigenvalue weighted by Crippen LogP contribution is 2.60. The number of rotatable bonds is 4. The van der Waals surface area contributed by atoms with Gasteiger partial charge in [-0.05, 0) is 77.0 Å². The first-order valence-corrected chi connectivity index (χ1v) is 11.2. The van der Waals surface area contributed by atoms with Crippen molar-refractivity contribution in [3.05, 3.63) is 0 Å². The lowest BCUT2D eigenvalue weighted by atomic mass is 9.49. The summed E-state index contributed by atoms with van der Waals surface area (Å²) >= 11 is 0. The van der Waals surface area contributed by atoms with E-state index >= 15 is 0 Å². The number of carbonyl (C=O) groups excluding carboxylic acids is 2. The van der Waals surface area contributed by atoms with Gasteiger partial charge in [0.25, 0.3) is 0 Å². The molecule has 0 unspecified atom stereocenters. The molecule has 6 nitrogen and oxygen atoms in total. The van der Waals surface area contributed by atoms with E-state index in [1.807, 2.05) is 20.8 Å². The van der Waals surface area contributed by atoms with Gasteiger partial charge in [0, 0.05) is 44.7 Å². The van der Waals surface area contributed by atoms with Crippen LogP contribution in [0.3, 0.4) is 0 Å². The number of amides is 2. The highest BCUT2D eigenvalue weighted by molar-refractivity contribution is 5.83. The molecule has 4 bridgehead atoms. The van der Waals surface area contributed by atoms with Gasteiger partial charge < -0.3 is 15.0 Å². The second-order valence-corrected chi connectivity index (χ2v) is 10.8. The van der Waals surface area contributed by atoms with Crippen LogP contribution in [0.5, 0.6) is 0 Å². The van der Waals surface area contributed by atoms with Crippen molar-refractivity contribution in [2.45, 2.75) is 64.9 Å². The summed E-state index contributed by atoms with van der Waals surface area (Å²) in [5, 5.41) is 3.27. The lowest BCUT2D eigenvalue weighted by molar-refractivity contribution is -0.146. The second-order valence-electron chi connectivity index (χ2n) is 10.8. The van der Waals surface area contributed by atoms with Gasteiger partial charge in [-0.3, -0.25) is 9.69 Å². The van der Waals surface area contributed by atoms with Crippen LogP contribution in [0.1, 0.15) is 59.3 Å². The molecule has 6 heteroatoms. The first kappa shape index (κ1) is 20.0. The highest BCUT2D eigenvalue weighted by Gasteiger charge is 2.54. The summed E-state index contributed by atoms with van der Waals surface area (Å²) in [4.78, 5) is 29.3. The molecule has 5 fully saturated rings. The van der Waals surface area contributed by atoms with Gasteiger partial charge >= 0.3 is 6.09 Å². The summed E-state index contributed by atoms with van der Waals surface area (Å²) in [5.41, 5.74) is -0.500. The third-order valence-corrected chi connectivity index (χ3v) is 7.26. The van der Waals surface area contributed by atoms with Gasteiger partial charge in [-0.1, -0.05) is 0 Å². The van der Waals surface area contributed by atoms with Crippen molar-refractivity contribution in [1.82, 2.24) is 15.1 Å². The quantitative estimate of drug-likeness (QED) is 0.800. The fraction of sp³-hybridized carbons (Fsp3) is 0.909. The van der Waals surface area contributed by atoms with Crippen LogP contribution in [0, 0.1) is 23.2 Å². The summed E-state index contributed by atoms with van der Waals surface area (Å²) in [6.07, 6.45) is 7.26. The largest absolute Gasteiger partial charge is 0.444 e. The van der Waals surface area contributed by atoms with Gasteiger partial charge in [-0.15, -0.1) is 0 Å². The minimum Gasteiger partial charge on any atom is -0.444 e. The smallest absolute Gasteiger partial charge is 0.410 e. The Bertz CT molecular complexity index is 569. The van der Waals surface area contributed by atoms with E-state index in [0.717, 1.165) is 56.7 Å². The molecular formula is C22H37N3O3. The van der Waals surface area contributed by atoms with Crippen molar-refractivity contribution >= 4 is 12.0 Å². The van der Waals surface area contributed by atoms with Crippen molar-refractivity contribution in [3.63, 3.8) is 0 Å². The van der Waals surface area contributed by atoms with E-state index in [1.165, 1.54) is 19.3 Å². The first-order valence-electron chi connectivity index (χ1n) is 11.2. The Morgan fingerprint density at radius 2 is 1.50 bits per heavy atom. The molecule has 4 saturated carbocycles. The third kappa shape index (κ3) is 4.32. The van der Waals surface area contributed by atoms with Gasteiger partial charge in [0.2, 0.25) is 5.91 Å². The molecule has 1 N–H and O–H groups in total. The summed E-state index contributed by atoms with van der Waals surface area (Å²) < 4.78 is 5.45. The van der Waals surface area contributed by atoms with E-state index in [0.29, 0.717) is 25.5 Å². The summed E-state index contributed by atoms with van der Waals surface area (Å²) in [7, 11) is 0. The van der Waals surface area contributed by atoms with Crippen molar-refractivity contribution in [1.29, 1.82) is 0 Å². The Balaban J connectivity index is 1.18. The van der Waals surface area contributed by atoms with Gasteiger partial charge in [-0.25, -0.2) is 4.79 Å². The van der Waals surface area contributed by atoms with Crippen LogP contribution < -0.4 is 5.32 Å². The zero-order valence-corrected chi connectivity index (χ0v) is 17.8. The van der Waals surface area contributed by atoms with Crippen molar-refractivity contribution in [2.75, 3.05) is 39.3 Å². The van der Waals surface area contributed by atoms with Gasteiger partial charge in [0.1, 0.15) is 5.60 Å². The molecule has 5 aliphatic rings. The second kappa shape index (κ2) is 7.51. The molecule has 1 heterocycles. The number of carbonyl (C=O) groups is 2. The maximum atomic E-state index is 13.0. The number of hydrogen-bond donors (Lipinski definition) is 1. The molecule has 0 aromatic carbocycles. The molecule has 1 saturated heterocycles. The summed E-state index contributed by atoms with van der Waals surface area (Å²) in [5.74, 6) is 2.73. The molecule has 0 aromatic rings. The molecule has 2 amide bonds. The number of piperazine rings is 1. The lowest BCUT2D eigenvalue weighted by Gasteiger charge is -2.55. The molecule has 4 aliphatic carbocycles. The summed E-state index contributed by atoms with van der Waals surface area (Å²) in [6.45, 7) is 10.3. The van der Waals surface area contributed by atoms with Crippen molar-refractivity contribution < 1.29 is 14.3 Å². The number of nitrogens with one attached hydrogen (secondary N) is 1. The average Bonchev–Trinajstić information content (AvgIpc) is 2.59. The van der Waals surface area contributed by atoms with E-state index in [2.05, 4.69) is 10.2 Å². The van der Waals surface area contributed by atoms with Gasteiger partial charge in [0.15, 0.2) is 0 Å².